The van der Waals surface area contributed by atoms with Gasteiger partial charge in [0.15, 0.2) is 0 Å². The quantitative estimate of drug-likeness (QED) is 0.622. The molecule has 0 amide bonds. The molecule has 1 aromatic heterocycles. The topological polar surface area (TPSA) is 62.6 Å². The highest BCUT2D eigenvalue weighted by molar-refractivity contribution is 6.31. The Morgan fingerprint density at radius 1 is 1.13 bits per heavy atom. The van der Waals surface area contributed by atoms with Crippen molar-refractivity contribution < 1.29 is 4.74 Å². The van der Waals surface area contributed by atoms with E-state index in [9.17, 15) is 0 Å². The Morgan fingerprint density at radius 2 is 1.94 bits per heavy atom. The lowest BCUT2D eigenvalue weighted by molar-refractivity contribution is 0.0342. The smallest absolute Gasteiger partial charge is 0.227 e. The molecule has 7 heteroatoms. The third kappa shape index (κ3) is 4.46. The molecule has 1 saturated heterocycles. The van der Waals surface area contributed by atoms with Gasteiger partial charge in [-0.05, 0) is 35.7 Å². The van der Waals surface area contributed by atoms with Crippen molar-refractivity contribution in [2.24, 2.45) is 4.99 Å². The number of ether oxygens (including phenoxy) is 1. The number of fused-ring (bicyclic) bond motifs is 1. The zero-order valence-electron chi connectivity index (χ0n) is 17.4. The fraction of sp³-hybridized carbons (Fsp3) is 0.292. The molecule has 5 rings (SSSR count). The molecule has 0 radical (unpaired) electrons. The van der Waals surface area contributed by atoms with E-state index < -0.39 is 0 Å². The fourth-order valence-corrected chi connectivity index (χ4v) is 4.07. The van der Waals surface area contributed by atoms with Crippen LogP contribution in [0, 0.1) is 6.92 Å². The van der Waals surface area contributed by atoms with Gasteiger partial charge in [0, 0.05) is 36.6 Å². The van der Waals surface area contributed by atoms with E-state index in [1.165, 1.54) is 11.1 Å². The second-order valence-electron chi connectivity index (χ2n) is 7.94. The molecular weight excluding hydrogens is 410 g/mol. The van der Waals surface area contributed by atoms with Crippen molar-refractivity contribution in [3.05, 3.63) is 76.1 Å². The van der Waals surface area contributed by atoms with Gasteiger partial charge in [-0.1, -0.05) is 41.9 Å². The van der Waals surface area contributed by atoms with E-state index in [0.717, 1.165) is 55.5 Å². The van der Waals surface area contributed by atoms with Crippen LogP contribution in [0.5, 0.6) is 0 Å². The third-order valence-corrected chi connectivity index (χ3v) is 6.14. The van der Waals surface area contributed by atoms with Gasteiger partial charge in [-0.25, -0.2) is 9.97 Å². The molecule has 31 heavy (non-hydrogen) atoms. The van der Waals surface area contributed by atoms with Gasteiger partial charge in [0.1, 0.15) is 5.69 Å². The van der Waals surface area contributed by atoms with Crippen molar-refractivity contribution in [1.82, 2.24) is 14.9 Å². The van der Waals surface area contributed by atoms with Crippen LogP contribution in [0.2, 0.25) is 5.02 Å². The molecule has 2 aliphatic rings. The van der Waals surface area contributed by atoms with Crippen molar-refractivity contribution in [3.63, 3.8) is 0 Å². The van der Waals surface area contributed by atoms with Crippen molar-refractivity contribution >= 4 is 35.1 Å². The van der Waals surface area contributed by atoms with Crippen LogP contribution in [-0.2, 0) is 11.3 Å². The first-order valence-corrected chi connectivity index (χ1v) is 10.9. The van der Waals surface area contributed by atoms with E-state index >= 15 is 0 Å². The Kier molecular flexibility index (Phi) is 5.68. The highest BCUT2D eigenvalue weighted by Gasteiger charge is 2.23. The number of hydrogen-bond acceptors (Lipinski definition) is 6. The standard InChI is InChI=1S/C24H24ClN5O/c1-16-2-7-19(12-21(16)25)28-24-27-14-22-23(29-24)20(13-26-22)18-5-3-17(4-6-18)15-30-8-10-31-11-9-30/h2-7,12-14,20H,8-11,15H2,1H3,(H,27,28,29). The number of aromatic nitrogens is 2. The molecule has 1 N–H and O–H groups in total. The number of anilines is 2. The number of nitrogens with one attached hydrogen (secondary N) is 1. The van der Waals surface area contributed by atoms with Gasteiger partial charge in [-0.15, -0.1) is 0 Å². The summed E-state index contributed by atoms with van der Waals surface area (Å²) in [6.07, 6.45) is 3.71. The first kappa shape index (κ1) is 20.1. The van der Waals surface area contributed by atoms with Crippen molar-refractivity contribution in [3.8, 4) is 0 Å². The van der Waals surface area contributed by atoms with Gasteiger partial charge >= 0.3 is 0 Å². The maximum Gasteiger partial charge on any atom is 0.227 e. The molecule has 6 nitrogen and oxygen atoms in total. The van der Waals surface area contributed by atoms with Crippen LogP contribution in [0.4, 0.5) is 17.3 Å². The van der Waals surface area contributed by atoms with E-state index in [-0.39, 0.29) is 5.92 Å². The van der Waals surface area contributed by atoms with Gasteiger partial charge in [-0.2, -0.15) is 0 Å². The molecule has 3 aromatic rings. The second kappa shape index (κ2) is 8.75. The van der Waals surface area contributed by atoms with E-state index in [0.29, 0.717) is 11.0 Å². The lowest BCUT2D eigenvalue weighted by Crippen LogP contribution is -2.35. The summed E-state index contributed by atoms with van der Waals surface area (Å²) < 4.78 is 5.44. The van der Waals surface area contributed by atoms with Crippen LogP contribution in [-0.4, -0.2) is 47.4 Å². The van der Waals surface area contributed by atoms with Crippen LogP contribution in [0.15, 0.2) is 53.7 Å². The van der Waals surface area contributed by atoms with E-state index in [1.807, 2.05) is 31.3 Å². The number of morpholine rings is 1. The Morgan fingerprint density at radius 3 is 2.71 bits per heavy atom. The maximum absolute atomic E-state index is 6.24. The van der Waals surface area contributed by atoms with E-state index in [2.05, 4.69) is 44.5 Å². The van der Waals surface area contributed by atoms with Crippen LogP contribution in [0.25, 0.3) is 0 Å². The molecule has 2 aromatic carbocycles. The van der Waals surface area contributed by atoms with Crippen molar-refractivity contribution in [1.29, 1.82) is 0 Å². The van der Waals surface area contributed by atoms with Crippen LogP contribution in [0.1, 0.15) is 28.3 Å². The Bertz CT molecular complexity index is 1110. The summed E-state index contributed by atoms with van der Waals surface area (Å²) >= 11 is 6.24. The second-order valence-corrected chi connectivity index (χ2v) is 8.35. The summed E-state index contributed by atoms with van der Waals surface area (Å²) in [6, 6.07) is 14.6. The van der Waals surface area contributed by atoms with Gasteiger partial charge in [0.25, 0.3) is 0 Å². The fourth-order valence-electron chi connectivity index (χ4n) is 3.89. The largest absolute Gasteiger partial charge is 0.379 e. The van der Waals surface area contributed by atoms with Crippen LogP contribution in [0.3, 0.4) is 0 Å². The number of hydrogen-bond donors (Lipinski definition) is 1. The molecule has 0 spiro atoms. The van der Waals surface area contributed by atoms with E-state index in [4.69, 9.17) is 21.3 Å². The minimum Gasteiger partial charge on any atom is -0.379 e. The average Bonchev–Trinajstić information content (AvgIpc) is 3.21. The summed E-state index contributed by atoms with van der Waals surface area (Å²) in [4.78, 5) is 16.1. The Hall–Kier alpha value is -2.80. The van der Waals surface area contributed by atoms with Crippen LogP contribution >= 0.6 is 11.6 Å². The molecule has 1 unspecified atom stereocenters. The first-order chi connectivity index (χ1) is 15.2. The van der Waals surface area contributed by atoms with Crippen LogP contribution < -0.4 is 5.32 Å². The predicted octanol–water partition coefficient (Wildman–Crippen LogP) is 4.86. The minimum absolute atomic E-state index is 0.0255. The molecule has 2 aliphatic heterocycles. The normalized spacial score (nSPS) is 18.2. The highest BCUT2D eigenvalue weighted by atomic mass is 35.5. The third-order valence-electron chi connectivity index (χ3n) is 5.73. The number of nitrogens with zero attached hydrogens (tertiary/aromatic N) is 4. The molecule has 1 atom stereocenters. The van der Waals surface area contributed by atoms with Gasteiger partial charge in [0.2, 0.25) is 5.95 Å². The summed E-state index contributed by atoms with van der Waals surface area (Å²) in [5.41, 5.74) is 6.11. The molecular formula is C24H24ClN5O. The van der Waals surface area contributed by atoms with E-state index in [1.54, 1.807) is 6.20 Å². The summed E-state index contributed by atoms with van der Waals surface area (Å²) in [6.45, 7) is 6.55. The maximum atomic E-state index is 6.24. The van der Waals surface area contributed by atoms with Gasteiger partial charge in [-0.3, -0.25) is 9.89 Å². The summed E-state index contributed by atoms with van der Waals surface area (Å²) in [7, 11) is 0. The Labute approximate surface area is 187 Å². The van der Waals surface area contributed by atoms with Crippen molar-refractivity contribution in [2.75, 3.05) is 31.6 Å². The Balaban J connectivity index is 1.32. The summed E-state index contributed by atoms with van der Waals surface area (Å²) in [5.74, 6) is 0.565. The number of rotatable bonds is 5. The first-order valence-electron chi connectivity index (χ1n) is 10.5. The van der Waals surface area contributed by atoms with Gasteiger partial charge < -0.3 is 10.1 Å². The summed E-state index contributed by atoms with van der Waals surface area (Å²) in [5, 5.41) is 3.96. The molecule has 158 valence electrons. The molecule has 0 saturated carbocycles. The lowest BCUT2D eigenvalue weighted by atomic mass is 9.96. The predicted molar refractivity (Wildman–Crippen MR) is 124 cm³/mol. The van der Waals surface area contributed by atoms with Gasteiger partial charge in [0.05, 0.1) is 31.0 Å². The number of benzene rings is 2. The lowest BCUT2D eigenvalue weighted by Gasteiger charge is -2.26. The number of aliphatic imine (C=N–C) groups is 1. The zero-order valence-corrected chi connectivity index (χ0v) is 18.1. The highest BCUT2D eigenvalue weighted by Crippen LogP contribution is 2.35. The number of aryl methyl sites for hydroxylation is 1. The molecule has 1 fully saturated rings. The number of halogens is 1. The molecule has 0 aliphatic carbocycles. The SMILES string of the molecule is Cc1ccc(Nc2ncc3c(n2)C(c2ccc(CN4CCOCC4)cc2)C=N3)cc1Cl. The monoisotopic (exact) mass is 433 g/mol. The zero-order chi connectivity index (χ0) is 21.2. The molecule has 3 heterocycles. The minimum atomic E-state index is 0.0255. The molecule has 0 bridgehead atoms. The average molecular weight is 434 g/mol. The van der Waals surface area contributed by atoms with Crippen molar-refractivity contribution in [2.45, 2.75) is 19.4 Å².